The largest absolute Gasteiger partial charge is 0.416 e. The Labute approximate surface area is 117 Å². The Hall–Kier alpha value is -1.13. The summed E-state index contributed by atoms with van der Waals surface area (Å²) in [5, 5.41) is 0.663. The van der Waals surface area contributed by atoms with Gasteiger partial charge in [-0.25, -0.2) is 0 Å². The molecule has 3 rings (SSSR count). The van der Waals surface area contributed by atoms with Crippen LogP contribution in [0.1, 0.15) is 16.7 Å². The lowest BCUT2D eigenvalue weighted by atomic mass is 10.0. The van der Waals surface area contributed by atoms with Crippen LogP contribution in [0.2, 0.25) is 5.02 Å². The second kappa shape index (κ2) is 4.46. The smallest absolute Gasteiger partial charge is 0.166 e. The Morgan fingerprint density at radius 1 is 1.05 bits per heavy atom. The van der Waals surface area contributed by atoms with Crippen LogP contribution in [-0.2, 0) is 12.6 Å². The first-order valence-corrected chi connectivity index (χ1v) is 6.80. The van der Waals surface area contributed by atoms with Crippen molar-refractivity contribution in [1.82, 2.24) is 0 Å². The zero-order valence-electron chi connectivity index (χ0n) is 9.59. The Morgan fingerprint density at radius 3 is 2.58 bits per heavy atom. The lowest BCUT2D eigenvalue weighted by Crippen LogP contribution is -2.07. The molecule has 1 aliphatic rings. The molecule has 0 radical (unpaired) electrons. The molecule has 2 aromatic rings. The Kier molecular flexibility index (Phi) is 3.02. The molecule has 0 saturated heterocycles. The van der Waals surface area contributed by atoms with Crippen LogP contribution in [0.3, 0.4) is 0 Å². The highest BCUT2D eigenvalue weighted by Crippen LogP contribution is 2.43. The Morgan fingerprint density at radius 2 is 1.84 bits per heavy atom. The summed E-state index contributed by atoms with van der Waals surface area (Å²) in [5.41, 5.74) is 1.27. The number of halogens is 4. The third kappa shape index (κ3) is 2.35. The Balaban J connectivity index is 2.06. The predicted octanol–water partition coefficient (Wildman–Crippen LogP) is 5.41. The van der Waals surface area contributed by atoms with Gasteiger partial charge in [0.2, 0.25) is 0 Å². The van der Waals surface area contributed by atoms with E-state index in [2.05, 4.69) is 0 Å². The van der Waals surface area contributed by atoms with E-state index in [4.69, 9.17) is 11.6 Å². The maximum Gasteiger partial charge on any atom is 0.416 e. The van der Waals surface area contributed by atoms with Gasteiger partial charge in [0.25, 0.3) is 0 Å². The molecule has 0 amide bonds. The van der Waals surface area contributed by atoms with Crippen molar-refractivity contribution in [2.75, 3.05) is 0 Å². The van der Waals surface area contributed by atoms with Gasteiger partial charge in [0.05, 0.1) is 5.56 Å². The molecule has 0 spiro atoms. The molecule has 0 saturated carbocycles. The molecule has 19 heavy (non-hydrogen) atoms. The lowest BCUT2D eigenvalue weighted by molar-refractivity contribution is -0.137. The fourth-order valence-electron chi connectivity index (χ4n) is 2.09. The van der Waals surface area contributed by atoms with E-state index >= 15 is 0 Å². The van der Waals surface area contributed by atoms with Crippen LogP contribution in [0.25, 0.3) is 0 Å². The van der Waals surface area contributed by atoms with Gasteiger partial charge >= 0.3 is 6.18 Å². The minimum absolute atomic E-state index is 0.579. The molecule has 98 valence electrons. The standard InChI is InChI=1S/C14H8ClF3S/c15-11-2-1-3-12-10(11)6-8-4-5-9(14(16,17)18)7-13(8)19-12/h1-5,7H,6H2. The van der Waals surface area contributed by atoms with Gasteiger partial charge in [-0.05, 0) is 35.4 Å². The van der Waals surface area contributed by atoms with Gasteiger partial charge < -0.3 is 0 Å². The molecule has 0 N–H and O–H groups in total. The van der Waals surface area contributed by atoms with Crippen LogP contribution in [0, 0.1) is 0 Å². The summed E-state index contributed by atoms with van der Waals surface area (Å²) >= 11 is 7.46. The Bertz CT molecular complexity index is 650. The van der Waals surface area contributed by atoms with Crippen molar-refractivity contribution in [3.05, 3.63) is 58.1 Å². The first kappa shape index (κ1) is 12.9. The topological polar surface area (TPSA) is 0 Å². The number of alkyl halides is 3. The van der Waals surface area contributed by atoms with Gasteiger partial charge in [0.15, 0.2) is 0 Å². The molecule has 0 aliphatic carbocycles. The van der Waals surface area contributed by atoms with E-state index in [1.807, 2.05) is 12.1 Å². The number of fused-ring (bicyclic) bond motifs is 2. The first-order valence-electron chi connectivity index (χ1n) is 5.60. The van der Waals surface area contributed by atoms with E-state index in [1.165, 1.54) is 23.9 Å². The van der Waals surface area contributed by atoms with E-state index in [-0.39, 0.29) is 0 Å². The molecule has 5 heteroatoms. The second-order valence-electron chi connectivity index (χ2n) is 4.32. The van der Waals surface area contributed by atoms with Crippen molar-refractivity contribution in [2.45, 2.75) is 22.4 Å². The molecule has 1 heterocycles. The summed E-state index contributed by atoms with van der Waals surface area (Å²) < 4.78 is 38.1. The lowest BCUT2D eigenvalue weighted by Gasteiger charge is -2.21. The molecule has 0 fully saturated rings. The van der Waals surface area contributed by atoms with Crippen LogP contribution in [0.4, 0.5) is 13.2 Å². The third-order valence-corrected chi connectivity index (χ3v) is 4.61. The van der Waals surface area contributed by atoms with Gasteiger partial charge in [-0.2, -0.15) is 13.2 Å². The van der Waals surface area contributed by atoms with Gasteiger partial charge in [-0.3, -0.25) is 0 Å². The normalized spacial score (nSPS) is 13.9. The summed E-state index contributed by atoms with van der Waals surface area (Å²) in [6.07, 6.45) is -3.72. The average Bonchev–Trinajstić information content (AvgIpc) is 2.35. The van der Waals surface area contributed by atoms with Crippen LogP contribution >= 0.6 is 23.4 Å². The summed E-state index contributed by atoms with van der Waals surface area (Å²) in [5.74, 6) is 0. The van der Waals surface area contributed by atoms with Crippen molar-refractivity contribution in [3.63, 3.8) is 0 Å². The quantitative estimate of drug-likeness (QED) is 0.534. The number of benzene rings is 2. The fourth-order valence-corrected chi connectivity index (χ4v) is 3.53. The maximum atomic E-state index is 12.7. The van der Waals surface area contributed by atoms with E-state index in [9.17, 15) is 13.2 Å². The highest BCUT2D eigenvalue weighted by Gasteiger charge is 2.31. The van der Waals surface area contributed by atoms with E-state index < -0.39 is 11.7 Å². The third-order valence-electron chi connectivity index (χ3n) is 3.06. The summed E-state index contributed by atoms with van der Waals surface area (Å²) in [4.78, 5) is 1.59. The molecule has 0 nitrogen and oxygen atoms in total. The molecular formula is C14H8ClF3S. The number of rotatable bonds is 0. The van der Waals surface area contributed by atoms with E-state index in [1.54, 1.807) is 6.07 Å². The molecule has 1 aliphatic heterocycles. The van der Waals surface area contributed by atoms with Gasteiger partial charge in [-0.1, -0.05) is 35.5 Å². The minimum atomic E-state index is -4.30. The molecule has 0 atom stereocenters. The highest BCUT2D eigenvalue weighted by atomic mass is 35.5. The summed E-state index contributed by atoms with van der Waals surface area (Å²) in [6, 6.07) is 9.38. The zero-order chi connectivity index (χ0) is 13.6. The van der Waals surface area contributed by atoms with Crippen LogP contribution in [-0.4, -0.2) is 0 Å². The monoisotopic (exact) mass is 300 g/mol. The minimum Gasteiger partial charge on any atom is -0.166 e. The highest BCUT2D eigenvalue weighted by molar-refractivity contribution is 7.99. The second-order valence-corrected chi connectivity index (χ2v) is 5.81. The van der Waals surface area contributed by atoms with Crippen molar-refractivity contribution in [2.24, 2.45) is 0 Å². The van der Waals surface area contributed by atoms with Crippen molar-refractivity contribution >= 4 is 23.4 Å². The number of hydrogen-bond donors (Lipinski definition) is 0. The van der Waals surface area contributed by atoms with Crippen molar-refractivity contribution in [3.8, 4) is 0 Å². The van der Waals surface area contributed by atoms with Crippen LogP contribution < -0.4 is 0 Å². The van der Waals surface area contributed by atoms with Gasteiger partial charge in [0, 0.05) is 21.2 Å². The van der Waals surface area contributed by atoms with Gasteiger partial charge in [0.1, 0.15) is 0 Å². The zero-order valence-corrected chi connectivity index (χ0v) is 11.2. The fraction of sp³-hybridized carbons (Fsp3) is 0.143. The van der Waals surface area contributed by atoms with Gasteiger partial charge in [-0.15, -0.1) is 0 Å². The molecule has 0 unspecified atom stereocenters. The average molecular weight is 301 g/mol. The first-order chi connectivity index (χ1) is 8.95. The van der Waals surface area contributed by atoms with Crippen LogP contribution in [0.15, 0.2) is 46.2 Å². The van der Waals surface area contributed by atoms with E-state index in [0.29, 0.717) is 16.3 Å². The maximum absolute atomic E-state index is 12.7. The van der Waals surface area contributed by atoms with E-state index in [0.717, 1.165) is 22.1 Å². The van der Waals surface area contributed by atoms with Crippen molar-refractivity contribution < 1.29 is 13.2 Å². The number of hydrogen-bond acceptors (Lipinski definition) is 1. The predicted molar refractivity (Wildman–Crippen MR) is 69.8 cm³/mol. The molecule has 0 aromatic heterocycles. The van der Waals surface area contributed by atoms with Crippen molar-refractivity contribution in [1.29, 1.82) is 0 Å². The van der Waals surface area contributed by atoms with Crippen LogP contribution in [0.5, 0.6) is 0 Å². The summed E-state index contributed by atoms with van der Waals surface area (Å²) in [7, 11) is 0. The SMILES string of the molecule is FC(F)(F)c1ccc2c(c1)Sc1cccc(Cl)c1C2. The molecule has 0 bridgehead atoms. The molecule has 2 aromatic carbocycles. The molecular weight excluding hydrogens is 293 g/mol. The summed E-state index contributed by atoms with van der Waals surface area (Å²) in [6.45, 7) is 0.